The van der Waals surface area contributed by atoms with Crippen LogP contribution in [0.4, 0.5) is 5.69 Å². The van der Waals surface area contributed by atoms with Gasteiger partial charge in [-0.15, -0.1) is 11.3 Å². The van der Waals surface area contributed by atoms with Crippen molar-refractivity contribution in [3.05, 3.63) is 114 Å². The van der Waals surface area contributed by atoms with E-state index in [9.17, 15) is 5.26 Å². The Kier molecular flexibility index (Phi) is 5.72. The van der Waals surface area contributed by atoms with E-state index in [4.69, 9.17) is 23.8 Å². The molecule has 0 bridgehead atoms. The maximum absolute atomic E-state index is 9.48. The summed E-state index contributed by atoms with van der Waals surface area (Å²) in [7, 11) is 0. The molecular formula is C42H25N5O2S. The van der Waals surface area contributed by atoms with Gasteiger partial charge in [-0.05, 0) is 66.7 Å². The fourth-order valence-corrected chi connectivity index (χ4v) is 8.37. The van der Waals surface area contributed by atoms with Crippen molar-refractivity contribution in [1.82, 2.24) is 15.0 Å². The molecule has 8 heteroatoms. The van der Waals surface area contributed by atoms with E-state index in [0.29, 0.717) is 23.9 Å². The summed E-state index contributed by atoms with van der Waals surface area (Å²) in [5, 5.41) is 15.0. The molecule has 4 aromatic heterocycles. The van der Waals surface area contributed by atoms with Gasteiger partial charge >= 0.3 is 0 Å². The van der Waals surface area contributed by atoms with E-state index in [1.165, 1.54) is 25.9 Å². The quantitative estimate of drug-likeness (QED) is 0.173. The molecule has 7 nitrogen and oxygen atoms in total. The predicted molar refractivity (Wildman–Crippen MR) is 200 cm³/mol. The number of hydrogen-bond acceptors (Lipinski definition) is 8. The van der Waals surface area contributed by atoms with Crippen LogP contribution in [-0.4, -0.2) is 28.0 Å². The molecule has 0 amide bonds. The minimum atomic E-state index is -0.184. The highest BCUT2D eigenvalue weighted by Crippen LogP contribution is 2.40. The van der Waals surface area contributed by atoms with E-state index in [1.54, 1.807) is 0 Å². The zero-order valence-electron chi connectivity index (χ0n) is 26.6. The van der Waals surface area contributed by atoms with Crippen LogP contribution in [-0.2, 0) is 6.42 Å². The van der Waals surface area contributed by atoms with Crippen molar-refractivity contribution in [3.8, 4) is 40.2 Å². The van der Waals surface area contributed by atoms with Gasteiger partial charge in [0, 0.05) is 83.8 Å². The Morgan fingerprint density at radius 1 is 0.640 bits per heavy atom. The largest absolute Gasteiger partial charge is 0.460 e. The van der Waals surface area contributed by atoms with Crippen molar-refractivity contribution in [1.29, 1.82) is 5.26 Å². The van der Waals surface area contributed by atoms with Crippen molar-refractivity contribution in [3.63, 3.8) is 0 Å². The average Bonchev–Trinajstić information content (AvgIpc) is 3.72. The number of anilines is 1. The molecule has 1 saturated heterocycles. The topological polar surface area (TPSA) is 91.8 Å². The SMILES string of the molecule is N#CC1C=Cc2c(oc3cc(-c4nc(-c5ccc6oc7ccccc7c6c5)nc(-c5ccc6sc7cc(N8CC8)ccc7c6c5)n4)ccc23)C1. The lowest BCUT2D eigenvalue weighted by Gasteiger charge is -2.09. The number of furan rings is 2. The van der Waals surface area contributed by atoms with Crippen molar-refractivity contribution in [2.45, 2.75) is 6.42 Å². The first-order valence-electron chi connectivity index (χ1n) is 16.7. The molecule has 236 valence electrons. The third kappa shape index (κ3) is 4.30. The van der Waals surface area contributed by atoms with E-state index in [2.05, 4.69) is 65.6 Å². The number of fused-ring (bicyclic) bond motifs is 9. The maximum atomic E-state index is 9.48. The van der Waals surface area contributed by atoms with Crippen LogP contribution in [0.25, 0.3) is 93.3 Å². The monoisotopic (exact) mass is 663 g/mol. The lowest BCUT2D eigenvalue weighted by molar-refractivity contribution is 0.528. The number of rotatable bonds is 4. The third-order valence-electron chi connectivity index (χ3n) is 9.93. The maximum Gasteiger partial charge on any atom is 0.164 e. The lowest BCUT2D eigenvalue weighted by Crippen LogP contribution is -2.02. The number of benzene rings is 5. The molecule has 2 aliphatic rings. The number of para-hydroxylation sites is 1. The van der Waals surface area contributed by atoms with Gasteiger partial charge < -0.3 is 13.7 Å². The van der Waals surface area contributed by atoms with Crippen LogP contribution < -0.4 is 4.90 Å². The van der Waals surface area contributed by atoms with Gasteiger partial charge in [-0.25, -0.2) is 15.0 Å². The van der Waals surface area contributed by atoms with Gasteiger partial charge in [0.05, 0.1) is 12.0 Å². The average molecular weight is 664 g/mol. The molecule has 1 atom stereocenters. The third-order valence-corrected chi connectivity index (χ3v) is 11.1. The predicted octanol–water partition coefficient (Wildman–Crippen LogP) is 10.4. The van der Waals surface area contributed by atoms with Gasteiger partial charge in [0.15, 0.2) is 17.5 Å². The van der Waals surface area contributed by atoms with Gasteiger partial charge in [-0.3, -0.25) is 0 Å². The summed E-state index contributed by atoms with van der Waals surface area (Å²) in [5.74, 6) is 2.39. The van der Waals surface area contributed by atoms with E-state index in [-0.39, 0.29) is 5.92 Å². The highest BCUT2D eigenvalue weighted by molar-refractivity contribution is 7.25. The van der Waals surface area contributed by atoms with Crippen LogP contribution in [0.2, 0.25) is 0 Å². The van der Waals surface area contributed by atoms with E-state index in [0.717, 1.165) is 74.0 Å². The van der Waals surface area contributed by atoms with Crippen molar-refractivity contribution in [2.75, 3.05) is 18.0 Å². The second-order valence-corrected chi connectivity index (χ2v) is 14.1. The Morgan fingerprint density at radius 2 is 1.36 bits per heavy atom. The van der Waals surface area contributed by atoms with Crippen molar-refractivity contribution >= 4 is 76.2 Å². The normalized spacial score (nSPS) is 15.4. The molecule has 5 heterocycles. The Balaban J connectivity index is 1.09. The fourth-order valence-electron chi connectivity index (χ4n) is 7.25. The molecule has 1 unspecified atom stereocenters. The Morgan fingerprint density at radius 3 is 2.18 bits per heavy atom. The molecule has 50 heavy (non-hydrogen) atoms. The molecular weight excluding hydrogens is 639 g/mol. The first kappa shape index (κ1) is 27.6. The molecule has 0 spiro atoms. The van der Waals surface area contributed by atoms with Gasteiger partial charge in [0.1, 0.15) is 22.5 Å². The number of nitrogens with zero attached hydrogens (tertiary/aromatic N) is 5. The summed E-state index contributed by atoms with van der Waals surface area (Å²) in [6.07, 6.45) is 4.52. The smallest absolute Gasteiger partial charge is 0.164 e. The van der Waals surface area contributed by atoms with E-state index in [1.807, 2.05) is 66.0 Å². The summed E-state index contributed by atoms with van der Waals surface area (Å²) >= 11 is 1.82. The molecule has 5 aromatic carbocycles. The Labute approximate surface area is 289 Å². The molecule has 1 aliphatic carbocycles. The van der Waals surface area contributed by atoms with Crippen LogP contribution in [0.3, 0.4) is 0 Å². The van der Waals surface area contributed by atoms with Crippen molar-refractivity contribution in [2.24, 2.45) is 5.92 Å². The minimum Gasteiger partial charge on any atom is -0.460 e. The standard InChI is InChI=1S/C42H25N5O2S/c43-22-23-5-10-29-30-11-6-26(20-37(30)49-36(29)17-23)42-45-40(24-7-13-35-32(18-24)28-3-1-2-4-34(28)48-35)44-41(46-42)25-8-14-38-33(19-25)31-12-9-27(47-15-16-47)21-39(31)50-38/h1-14,18-21,23H,15-17H2. The molecule has 1 fully saturated rings. The van der Waals surface area contributed by atoms with E-state index >= 15 is 0 Å². The van der Waals surface area contributed by atoms with Gasteiger partial charge in [0.25, 0.3) is 0 Å². The molecule has 0 saturated carbocycles. The summed E-state index contributed by atoms with van der Waals surface area (Å²) in [6, 6.07) is 35.9. The summed E-state index contributed by atoms with van der Waals surface area (Å²) in [6.45, 7) is 2.25. The highest BCUT2D eigenvalue weighted by Gasteiger charge is 2.22. The van der Waals surface area contributed by atoms with Crippen LogP contribution in [0.5, 0.6) is 0 Å². The second-order valence-electron chi connectivity index (χ2n) is 13.0. The first-order valence-corrected chi connectivity index (χ1v) is 17.5. The van der Waals surface area contributed by atoms with Gasteiger partial charge in [0.2, 0.25) is 0 Å². The number of thiophene rings is 1. The summed E-state index contributed by atoms with van der Waals surface area (Å²) < 4.78 is 15.0. The number of allylic oxidation sites excluding steroid dienone is 1. The number of aromatic nitrogens is 3. The highest BCUT2D eigenvalue weighted by atomic mass is 32.1. The zero-order chi connectivity index (χ0) is 32.9. The van der Waals surface area contributed by atoms with Crippen LogP contribution in [0, 0.1) is 17.2 Å². The molecule has 0 N–H and O–H groups in total. The van der Waals surface area contributed by atoms with Gasteiger partial charge in [-0.1, -0.05) is 42.5 Å². The Hall–Kier alpha value is -6.30. The summed E-state index contributed by atoms with van der Waals surface area (Å²) in [5.41, 5.74) is 7.37. The molecule has 9 aromatic rings. The zero-order valence-corrected chi connectivity index (χ0v) is 27.4. The molecule has 0 radical (unpaired) electrons. The first-order chi connectivity index (χ1) is 24.6. The minimum absolute atomic E-state index is 0.184. The Bertz CT molecular complexity index is 2960. The molecule has 11 rings (SSSR count). The van der Waals surface area contributed by atoms with Crippen LogP contribution >= 0.6 is 11.3 Å². The molecule has 1 aliphatic heterocycles. The number of hydrogen-bond donors (Lipinski definition) is 0. The number of nitriles is 1. The van der Waals surface area contributed by atoms with Crippen LogP contribution in [0.1, 0.15) is 11.3 Å². The lowest BCUT2D eigenvalue weighted by atomic mass is 9.95. The second kappa shape index (κ2) is 10.3. The summed E-state index contributed by atoms with van der Waals surface area (Å²) in [4.78, 5) is 17.6. The van der Waals surface area contributed by atoms with E-state index < -0.39 is 0 Å². The van der Waals surface area contributed by atoms with Gasteiger partial charge in [-0.2, -0.15) is 5.26 Å². The van der Waals surface area contributed by atoms with Crippen molar-refractivity contribution < 1.29 is 8.83 Å². The fraction of sp³-hybridized carbons (Fsp3) is 0.0952. The van der Waals surface area contributed by atoms with Crippen LogP contribution in [0.15, 0.2) is 112 Å².